The summed E-state index contributed by atoms with van der Waals surface area (Å²) in [5, 5.41) is 0. The van der Waals surface area contributed by atoms with E-state index in [1.807, 2.05) is 47.4 Å². The number of hydrogen-bond acceptors (Lipinski definition) is 2. The van der Waals surface area contributed by atoms with Crippen LogP contribution in [-0.4, -0.2) is 10.8 Å². The maximum absolute atomic E-state index is 12.4. The lowest BCUT2D eigenvalue weighted by molar-refractivity contribution is -0.133. The average Bonchev–Trinajstić information content (AvgIpc) is 2.91. The molecular weight excluding hydrogens is 250 g/mol. The van der Waals surface area contributed by atoms with Crippen LogP contribution in [0.4, 0.5) is 0 Å². The molecule has 0 aliphatic carbocycles. The number of benzene rings is 1. The standard InChI is InChI=1S/C17H21NO2/c1-14(2)11-17(19)18(13-16-9-6-10-20-16)12-15-7-4-3-5-8-15/h3-10,14H,11-13H2,1-2H3. The van der Waals surface area contributed by atoms with Crippen LogP contribution in [0.1, 0.15) is 31.6 Å². The summed E-state index contributed by atoms with van der Waals surface area (Å²) in [4.78, 5) is 14.2. The molecule has 20 heavy (non-hydrogen) atoms. The van der Waals surface area contributed by atoms with E-state index >= 15 is 0 Å². The first-order valence-corrected chi connectivity index (χ1v) is 6.99. The summed E-state index contributed by atoms with van der Waals surface area (Å²) in [5.74, 6) is 1.34. The fraction of sp³-hybridized carbons (Fsp3) is 0.353. The van der Waals surface area contributed by atoms with E-state index in [0.717, 1.165) is 11.3 Å². The molecule has 1 aromatic carbocycles. The number of nitrogens with zero attached hydrogens (tertiary/aromatic N) is 1. The second-order valence-corrected chi connectivity index (χ2v) is 5.41. The van der Waals surface area contributed by atoms with Crippen LogP contribution >= 0.6 is 0 Å². The molecule has 0 N–H and O–H groups in total. The Morgan fingerprint density at radius 1 is 1.10 bits per heavy atom. The Morgan fingerprint density at radius 2 is 1.85 bits per heavy atom. The zero-order valence-electron chi connectivity index (χ0n) is 12.1. The van der Waals surface area contributed by atoms with Crippen molar-refractivity contribution >= 4 is 5.91 Å². The molecule has 3 heteroatoms. The first kappa shape index (κ1) is 14.4. The Labute approximate surface area is 120 Å². The van der Waals surface area contributed by atoms with E-state index in [0.29, 0.717) is 25.4 Å². The topological polar surface area (TPSA) is 33.5 Å². The largest absolute Gasteiger partial charge is 0.467 e. The second kappa shape index (κ2) is 6.94. The van der Waals surface area contributed by atoms with Crippen molar-refractivity contribution in [2.75, 3.05) is 0 Å². The van der Waals surface area contributed by atoms with Crippen molar-refractivity contribution in [2.24, 2.45) is 5.92 Å². The van der Waals surface area contributed by atoms with E-state index < -0.39 is 0 Å². The molecule has 0 spiro atoms. The maximum Gasteiger partial charge on any atom is 0.223 e. The molecule has 3 nitrogen and oxygen atoms in total. The zero-order valence-corrected chi connectivity index (χ0v) is 12.1. The molecule has 0 saturated carbocycles. The van der Waals surface area contributed by atoms with E-state index in [2.05, 4.69) is 13.8 Å². The summed E-state index contributed by atoms with van der Waals surface area (Å²) >= 11 is 0. The van der Waals surface area contributed by atoms with E-state index in [1.54, 1.807) is 6.26 Å². The highest BCUT2D eigenvalue weighted by molar-refractivity contribution is 5.76. The average molecular weight is 271 g/mol. The maximum atomic E-state index is 12.4. The van der Waals surface area contributed by atoms with Gasteiger partial charge in [-0.1, -0.05) is 44.2 Å². The van der Waals surface area contributed by atoms with Crippen molar-refractivity contribution in [1.82, 2.24) is 4.90 Å². The van der Waals surface area contributed by atoms with Crippen LogP contribution in [0.3, 0.4) is 0 Å². The van der Waals surface area contributed by atoms with Gasteiger partial charge in [-0.3, -0.25) is 4.79 Å². The molecule has 0 bridgehead atoms. The van der Waals surface area contributed by atoms with Crippen molar-refractivity contribution in [3.05, 3.63) is 60.1 Å². The van der Waals surface area contributed by atoms with E-state index in [1.165, 1.54) is 0 Å². The van der Waals surface area contributed by atoms with Gasteiger partial charge < -0.3 is 9.32 Å². The number of carbonyl (C=O) groups excluding carboxylic acids is 1. The highest BCUT2D eigenvalue weighted by atomic mass is 16.3. The van der Waals surface area contributed by atoms with Gasteiger partial charge in [-0.25, -0.2) is 0 Å². The predicted octanol–water partition coefficient (Wildman–Crippen LogP) is 3.85. The van der Waals surface area contributed by atoms with Crippen LogP contribution in [0.25, 0.3) is 0 Å². The lowest BCUT2D eigenvalue weighted by atomic mass is 10.1. The quantitative estimate of drug-likeness (QED) is 0.799. The summed E-state index contributed by atoms with van der Waals surface area (Å²) in [6.45, 7) is 5.26. The van der Waals surface area contributed by atoms with Crippen LogP contribution < -0.4 is 0 Å². The van der Waals surface area contributed by atoms with Gasteiger partial charge in [0.1, 0.15) is 5.76 Å². The minimum Gasteiger partial charge on any atom is -0.467 e. The van der Waals surface area contributed by atoms with Crippen molar-refractivity contribution in [3.8, 4) is 0 Å². The van der Waals surface area contributed by atoms with Gasteiger partial charge in [-0.15, -0.1) is 0 Å². The van der Waals surface area contributed by atoms with Gasteiger partial charge in [-0.05, 0) is 23.6 Å². The van der Waals surface area contributed by atoms with Crippen LogP contribution in [0.2, 0.25) is 0 Å². The molecule has 0 aliphatic rings. The fourth-order valence-electron chi connectivity index (χ4n) is 2.11. The van der Waals surface area contributed by atoms with Crippen molar-refractivity contribution < 1.29 is 9.21 Å². The third kappa shape index (κ3) is 4.26. The molecular formula is C17H21NO2. The SMILES string of the molecule is CC(C)CC(=O)N(Cc1ccccc1)Cc1ccco1. The summed E-state index contributed by atoms with van der Waals surface area (Å²) < 4.78 is 5.36. The first-order valence-electron chi connectivity index (χ1n) is 6.99. The molecule has 106 valence electrons. The summed E-state index contributed by atoms with van der Waals surface area (Å²) in [6, 6.07) is 13.8. The fourth-order valence-corrected chi connectivity index (χ4v) is 2.11. The molecule has 0 aliphatic heterocycles. The number of carbonyl (C=O) groups is 1. The molecule has 2 rings (SSSR count). The highest BCUT2D eigenvalue weighted by Crippen LogP contribution is 2.14. The van der Waals surface area contributed by atoms with Crippen LogP contribution in [0, 0.1) is 5.92 Å². The first-order chi connectivity index (χ1) is 9.65. The lowest BCUT2D eigenvalue weighted by Gasteiger charge is -2.23. The van der Waals surface area contributed by atoms with E-state index in [-0.39, 0.29) is 5.91 Å². The molecule has 0 fully saturated rings. The van der Waals surface area contributed by atoms with Gasteiger partial charge in [0.2, 0.25) is 5.91 Å². The van der Waals surface area contributed by atoms with Crippen molar-refractivity contribution in [2.45, 2.75) is 33.4 Å². The smallest absolute Gasteiger partial charge is 0.223 e. The number of furan rings is 1. The molecule has 1 amide bonds. The second-order valence-electron chi connectivity index (χ2n) is 5.41. The Morgan fingerprint density at radius 3 is 2.45 bits per heavy atom. The molecule has 0 radical (unpaired) electrons. The van der Waals surface area contributed by atoms with Gasteiger partial charge in [-0.2, -0.15) is 0 Å². The van der Waals surface area contributed by atoms with Crippen molar-refractivity contribution in [3.63, 3.8) is 0 Å². The third-order valence-electron chi connectivity index (χ3n) is 3.08. The van der Waals surface area contributed by atoms with Gasteiger partial charge in [0, 0.05) is 13.0 Å². The number of amides is 1. The van der Waals surface area contributed by atoms with Crippen LogP contribution in [0.5, 0.6) is 0 Å². The molecule has 2 aromatic rings. The van der Waals surface area contributed by atoms with Gasteiger partial charge >= 0.3 is 0 Å². The van der Waals surface area contributed by atoms with Gasteiger partial charge in [0.05, 0.1) is 12.8 Å². The zero-order chi connectivity index (χ0) is 14.4. The monoisotopic (exact) mass is 271 g/mol. The minimum atomic E-state index is 0.167. The Kier molecular flexibility index (Phi) is 4.99. The van der Waals surface area contributed by atoms with E-state index in [9.17, 15) is 4.79 Å². The van der Waals surface area contributed by atoms with Crippen molar-refractivity contribution in [1.29, 1.82) is 0 Å². The molecule has 1 aromatic heterocycles. The lowest BCUT2D eigenvalue weighted by Crippen LogP contribution is -2.30. The summed E-state index contributed by atoms with van der Waals surface area (Å²) in [6.07, 6.45) is 2.20. The summed E-state index contributed by atoms with van der Waals surface area (Å²) in [7, 11) is 0. The summed E-state index contributed by atoms with van der Waals surface area (Å²) in [5.41, 5.74) is 1.14. The van der Waals surface area contributed by atoms with Gasteiger partial charge in [0.25, 0.3) is 0 Å². The number of rotatable bonds is 6. The third-order valence-corrected chi connectivity index (χ3v) is 3.08. The van der Waals surface area contributed by atoms with Gasteiger partial charge in [0.15, 0.2) is 0 Å². The minimum absolute atomic E-state index is 0.167. The van der Waals surface area contributed by atoms with Crippen LogP contribution in [-0.2, 0) is 17.9 Å². The molecule has 0 atom stereocenters. The molecule has 0 unspecified atom stereocenters. The Balaban J connectivity index is 2.09. The normalized spacial score (nSPS) is 10.8. The predicted molar refractivity (Wildman–Crippen MR) is 78.9 cm³/mol. The Bertz CT molecular complexity index is 517. The molecule has 0 saturated heterocycles. The Hall–Kier alpha value is -2.03. The van der Waals surface area contributed by atoms with E-state index in [4.69, 9.17) is 4.42 Å². The highest BCUT2D eigenvalue weighted by Gasteiger charge is 2.16. The van der Waals surface area contributed by atoms with Crippen LogP contribution in [0.15, 0.2) is 53.1 Å². The number of hydrogen-bond donors (Lipinski definition) is 0. The molecule has 1 heterocycles.